The van der Waals surface area contributed by atoms with Gasteiger partial charge in [-0.25, -0.2) is 0 Å². The van der Waals surface area contributed by atoms with Crippen molar-refractivity contribution in [3.63, 3.8) is 0 Å². The number of carbonyl (C=O) groups is 2. The Morgan fingerprint density at radius 3 is 2.88 bits per heavy atom. The van der Waals surface area contributed by atoms with Gasteiger partial charge in [0.05, 0.1) is 17.9 Å². The number of piperidine rings is 1. The second kappa shape index (κ2) is 7.99. The normalized spacial score (nSPS) is 22.3. The zero-order chi connectivity index (χ0) is 17.7. The highest BCUT2D eigenvalue weighted by Crippen LogP contribution is 2.38. The van der Waals surface area contributed by atoms with Gasteiger partial charge in [-0.15, -0.1) is 0 Å². The standard InChI is InChI=1S/C18H28N4O3/c1-14(23)19-13-16-5-6-18(25-16)7-9-22(10-8-18)17(24)4-2-3-15-11-20-21-12-15/h11-12,16H,2-10,13H2,1H3,(H,19,23)(H,20,21)/t16-/m1/s1. The first kappa shape index (κ1) is 17.9. The van der Waals surface area contributed by atoms with Crippen LogP contribution in [0.2, 0.25) is 0 Å². The van der Waals surface area contributed by atoms with Gasteiger partial charge in [0.15, 0.2) is 0 Å². The number of ether oxygens (including phenoxy) is 1. The van der Waals surface area contributed by atoms with E-state index in [1.165, 1.54) is 6.92 Å². The molecule has 3 heterocycles. The maximum Gasteiger partial charge on any atom is 0.222 e. The second-order valence-corrected chi connectivity index (χ2v) is 7.24. The summed E-state index contributed by atoms with van der Waals surface area (Å²) in [6.45, 7) is 3.67. The third-order valence-corrected chi connectivity index (χ3v) is 5.36. The lowest BCUT2D eigenvalue weighted by Crippen LogP contribution is -2.47. The van der Waals surface area contributed by atoms with Gasteiger partial charge in [-0.2, -0.15) is 5.10 Å². The summed E-state index contributed by atoms with van der Waals surface area (Å²) in [5, 5.41) is 9.55. The summed E-state index contributed by atoms with van der Waals surface area (Å²) in [6.07, 6.45) is 9.94. The number of aromatic nitrogens is 2. The molecule has 0 radical (unpaired) electrons. The summed E-state index contributed by atoms with van der Waals surface area (Å²) in [7, 11) is 0. The number of likely N-dealkylation sites (tertiary alicyclic amines) is 1. The van der Waals surface area contributed by atoms with Crippen LogP contribution in [0.3, 0.4) is 0 Å². The van der Waals surface area contributed by atoms with Crippen LogP contribution in [0.15, 0.2) is 12.4 Å². The molecule has 1 aromatic heterocycles. The van der Waals surface area contributed by atoms with E-state index in [0.29, 0.717) is 13.0 Å². The number of nitrogens with zero attached hydrogens (tertiary/aromatic N) is 2. The molecule has 0 aliphatic carbocycles. The van der Waals surface area contributed by atoms with E-state index in [0.717, 1.165) is 57.2 Å². The highest BCUT2D eigenvalue weighted by molar-refractivity contribution is 5.76. The van der Waals surface area contributed by atoms with E-state index >= 15 is 0 Å². The number of carbonyl (C=O) groups excluding carboxylic acids is 2. The van der Waals surface area contributed by atoms with Crippen molar-refractivity contribution in [3.05, 3.63) is 18.0 Å². The lowest BCUT2D eigenvalue weighted by molar-refractivity contribution is -0.138. The zero-order valence-electron chi connectivity index (χ0n) is 14.9. The molecule has 0 bridgehead atoms. The van der Waals surface area contributed by atoms with Gasteiger partial charge < -0.3 is 15.0 Å². The van der Waals surface area contributed by atoms with Gasteiger partial charge >= 0.3 is 0 Å². The Labute approximate surface area is 148 Å². The van der Waals surface area contributed by atoms with Crippen LogP contribution in [-0.2, 0) is 20.7 Å². The van der Waals surface area contributed by atoms with Gasteiger partial charge in [-0.05, 0) is 44.1 Å². The summed E-state index contributed by atoms with van der Waals surface area (Å²) in [6, 6.07) is 0. The van der Waals surface area contributed by atoms with Crippen LogP contribution in [-0.4, -0.2) is 58.3 Å². The van der Waals surface area contributed by atoms with Crippen molar-refractivity contribution in [1.82, 2.24) is 20.4 Å². The predicted molar refractivity (Wildman–Crippen MR) is 92.9 cm³/mol. The minimum absolute atomic E-state index is 0.0135. The largest absolute Gasteiger partial charge is 0.370 e. The second-order valence-electron chi connectivity index (χ2n) is 7.24. The van der Waals surface area contributed by atoms with Gasteiger partial charge in [0, 0.05) is 39.2 Å². The molecule has 25 heavy (non-hydrogen) atoms. The molecule has 1 spiro atoms. The molecule has 3 rings (SSSR count). The number of hydrogen-bond acceptors (Lipinski definition) is 4. The third-order valence-electron chi connectivity index (χ3n) is 5.36. The van der Waals surface area contributed by atoms with Crippen LogP contribution < -0.4 is 5.32 Å². The first-order valence-electron chi connectivity index (χ1n) is 9.24. The Bertz CT molecular complexity index is 579. The van der Waals surface area contributed by atoms with E-state index in [1.54, 1.807) is 0 Å². The quantitative estimate of drug-likeness (QED) is 0.814. The molecule has 2 aliphatic heterocycles. The topological polar surface area (TPSA) is 87.3 Å². The Morgan fingerprint density at radius 2 is 2.20 bits per heavy atom. The minimum Gasteiger partial charge on any atom is -0.370 e. The van der Waals surface area contributed by atoms with Crippen molar-refractivity contribution in [2.75, 3.05) is 19.6 Å². The van der Waals surface area contributed by atoms with Crippen LogP contribution in [0.4, 0.5) is 0 Å². The van der Waals surface area contributed by atoms with Gasteiger partial charge in [0.1, 0.15) is 0 Å². The summed E-state index contributed by atoms with van der Waals surface area (Å²) < 4.78 is 6.24. The molecule has 0 saturated carbocycles. The molecule has 2 aliphatic rings. The smallest absolute Gasteiger partial charge is 0.222 e. The first-order chi connectivity index (χ1) is 12.1. The number of nitrogens with one attached hydrogen (secondary N) is 2. The molecule has 1 aromatic rings. The molecule has 7 nitrogen and oxygen atoms in total. The van der Waals surface area contributed by atoms with Crippen LogP contribution in [0.1, 0.15) is 51.0 Å². The van der Waals surface area contributed by atoms with Crippen molar-refractivity contribution in [1.29, 1.82) is 0 Å². The number of amides is 2. The highest BCUT2D eigenvalue weighted by atomic mass is 16.5. The van der Waals surface area contributed by atoms with Gasteiger partial charge in [-0.1, -0.05) is 0 Å². The summed E-state index contributed by atoms with van der Waals surface area (Å²) in [5.41, 5.74) is 1.06. The Morgan fingerprint density at radius 1 is 1.40 bits per heavy atom. The zero-order valence-corrected chi connectivity index (χ0v) is 14.9. The number of rotatable bonds is 6. The molecule has 7 heteroatoms. The highest BCUT2D eigenvalue weighted by Gasteiger charge is 2.42. The molecule has 138 valence electrons. The summed E-state index contributed by atoms with van der Waals surface area (Å²) in [4.78, 5) is 25.4. The molecule has 2 N–H and O–H groups in total. The van der Waals surface area contributed by atoms with E-state index in [4.69, 9.17) is 4.74 Å². The van der Waals surface area contributed by atoms with Crippen molar-refractivity contribution >= 4 is 11.8 Å². The number of hydrogen-bond donors (Lipinski definition) is 2. The maximum atomic E-state index is 12.4. The van der Waals surface area contributed by atoms with E-state index in [9.17, 15) is 9.59 Å². The molecule has 2 amide bonds. The molecule has 2 saturated heterocycles. The monoisotopic (exact) mass is 348 g/mol. The molecule has 0 unspecified atom stereocenters. The summed E-state index contributed by atoms with van der Waals surface area (Å²) >= 11 is 0. The number of aryl methyl sites for hydroxylation is 1. The predicted octanol–water partition coefficient (Wildman–Crippen LogP) is 1.41. The molecular formula is C18H28N4O3. The van der Waals surface area contributed by atoms with Gasteiger partial charge in [-0.3, -0.25) is 14.7 Å². The van der Waals surface area contributed by atoms with E-state index in [2.05, 4.69) is 15.5 Å². The van der Waals surface area contributed by atoms with Crippen LogP contribution in [0, 0.1) is 0 Å². The Hall–Kier alpha value is -1.89. The third kappa shape index (κ3) is 4.81. The fourth-order valence-electron chi connectivity index (χ4n) is 3.84. The van der Waals surface area contributed by atoms with Crippen molar-refractivity contribution in [3.8, 4) is 0 Å². The van der Waals surface area contributed by atoms with Crippen LogP contribution in [0.5, 0.6) is 0 Å². The number of H-pyrrole nitrogens is 1. The summed E-state index contributed by atoms with van der Waals surface area (Å²) in [5.74, 6) is 0.228. The van der Waals surface area contributed by atoms with Crippen molar-refractivity contribution in [2.45, 2.75) is 63.6 Å². The van der Waals surface area contributed by atoms with E-state index < -0.39 is 0 Å². The lowest BCUT2D eigenvalue weighted by Gasteiger charge is -2.39. The molecular weight excluding hydrogens is 320 g/mol. The van der Waals surface area contributed by atoms with E-state index in [-0.39, 0.29) is 23.5 Å². The van der Waals surface area contributed by atoms with Crippen molar-refractivity contribution in [2.24, 2.45) is 0 Å². The maximum absolute atomic E-state index is 12.4. The fourth-order valence-corrected chi connectivity index (χ4v) is 3.84. The molecule has 0 aromatic carbocycles. The average Bonchev–Trinajstić information content (AvgIpc) is 3.24. The average molecular weight is 348 g/mol. The number of aromatic amines is 1. The fraction of sp³-hybridized carbons (Fsp3) is 0.722. The SMILES string of the molecule is CC(=O)NC[C@H]1CCC2(CCN(C(=O)CCCc3cn[nH]c3)CC2)O1. The molecule has 2 fully saturated rings. The van der Waals surface area contributed by atoms with Crippen LogP contribution >= 0.6 is 0 Å². The van der Waals surface area contributed by atoms with Crippen molar-refractivity contribution < 1.29 is 14.3 Å². The Balaban J connectivity index is 1.38. The molecule has 1 atom stereocenters. The minimum atomic E-state index is -0.0866. The van der Waals surface area contributed by atoms with Crippen LogP contribution in [0.25, 0.3) is 0 Å². The Kier molecular flexibility index (Phi) is 5.73. The van der Waals surface area contributed by atoms with Gasteiger partial charge in [0.25, 0.3) is 0 Å². The van der Waals surface area contributed by atoms with E-state index in [1.807, 2.05) is 17.3 Å². The lowest BCUT2D eigenvalue weighted by atomic mass is 9.88. The first-order valence-corrected chi connectivity index (χ1v) is 9.24. The van der Waals surface area contributed by atoms with Gasteiger partial charge in [0.2, 0.25) is 11.8 Å².